The molecule has 0 atom stereocenters. The quantitative estimate of drug-likeness (QED) is 0.589. The third-order valence-corrected chi connectivity index (χ3v) is 29.1. The van der Waals surface area contributed by atoms with Crippen molar-refractivity contribution in [3.8, 4) is 0 Å². The van der Waals surface area contributed by atoms with Crippen molar-refractivity contribution < 1.29 is 0 Å². The molecule has 1 nitrogen and oxygen atoms in total. The Labute approximate surface area is 131 Å². The van der Waals surface area contributed by atoms with E-state index in [0.717, 1.165) is 0 Å². The Balaban J connectivity index is 3.16. The summed E-state index contributed by atoms with van der Waals surface area (Å²) in [5.74, 6) is 0. The molecule has 0 unspecified atom stereocenters. The number of hydrogen-bond donors (Lipinski definition) is 0. The van der Waals surface area contributed by atoms with Crippen LogP contribution in [0, 0.1) is 0 Å². The van der Waals surface area contributed by atoms with Crippen LogP contribution in [0.1, 0.15) is 41.5 Å². The van der Waals surface area contributed by atoms with E-state index in [2.05, 4.69) is 59.9 Å². The maximum atomic E-state index is 5.00. The molecule has 114 valence electrons. The van der Waals surface area contributed by atoms with E-state index in [9.17, 15) is 0 Å². The average Bonchev–Trinajstić information content (AvgIpc) is 2.53. The molecule has 0 aromatic carbocycles. The van der Waals surface area contributed by atoms with Crippen LogP contribution in [0.5, 0.6) is 0 Å². The summed E-state index contributed by atoms with van der Waals surface area (Å²) in [5.41, 5.74) is 0. The first-order valence-electron chi connectivity index (χ1n) is 8.55. The van der Waals surface area contributed by atoms with Crippen molar-refractivity contribution in [3.63, 3.8) is 0 Å². The molecule has 0 radical (unpaired) electrons. The van der Waals surface area contributed by atoms with Crippen molar-refractivity contribution in [2.75, 3.05) is 0 Å². The van der Waals surface area contributed by atoms with E-state index in [1.54, 1.807) is 4.40 Å². The third kappa shape index (κ3) is 3.35. The van der Waals surface area contributed by atoms with Crippen molar-refractivity contribution in [2.24, 2.45) is 0 Å². The van der Waals surface area contributed by atoms with E-state index in [1.165, 1.54) is 36.0 Å². The monoisotopic (exact) mass is 399 g/mol. The van der Waals surface area contributed by atoms with Gasteiger partial charge in [0.1, 0.15) is 0 Å². The fourth-order valence-electron chi connectivity index (χ4n) is 3.68. The van der Waals surface area contributed by atoms with Gasteiger partial charge in [0.2, 0.25) is 0 Å². The number of hydrogen-bond acceptors (Lipinski definition) is 1. The first-order valence-corrected chi connectivity index (χ1v) is 19.5. The third-order valence-electron chi connectivity index (χ3n) is 5.98. The molecule has 0 fully saturated rings. The van der Waals surface area contributed by atoms with Crippen LogP contribution in [0.3, 0.4) is 0 Å². The molecule has 0 aliphatic heterocycles. The van der Waals surface area contributed by atoms with E-state index in [1.807, 2.05) is 0 Å². The van der Waals surface area contributed by atoms with Crippen molar-refractivity contribution in [1.29, 1.82) is 0 Å². The summed E-state index contributed by atoms with van der Waals surface area (Å²) in [6, 6.07) is 4.90. The average molecular weight is 397 g/mol. The normalized spacial score (nSPS) is 12.7. The summed E-state index contributed by atoms with van der Waals surface area (Å²) in [7, 11) is 0. The van der Waals surface area contributed by atoms with Gasteiger partial charge in [-0.25, -0.2) is 0 Å². The maximum absolute atomic E-state index is 5.00. The molecule has 1 aromatic rings. The van der Waals surface area contributed by atoms with Gasteiger partial charge < -0.3 is 0 Å². The molecule has 1 rings (SSSR count). The standard InChI is InChI=1S/C17H33Ge2N/c1-7-18(8-2,9-3)16-13-14-17(20-15-16)19(10-4,11-5)12-6/h13-15H,7-12H2,1-6H3. The van der Waals surface area contributed by atoms with Crippen LogP contribution < -0.4 is 8.92 Å². The van der Waals surface area contributed by atoms with Gasteiger partial charge in [0, 0.05) is 0 Å². The molecule has 3 heteroatoms. The van der Waals surface area contributed by atoms with Crippen LogP contribution in [0.15, 0.2) is 18.3 Å². The SMILES string of the molecule is C[CH2][Ge]([CH2]C)([CH2]C)[c]1cc[c]([Ge]([CH2]C)([CH2]C)[CH2]C)nc1. The van der Waals surface area contributed by atoms with Crippen LogP contribution in [-0.2, 0) is 0 Å². The van der Waals surface area contributed by atoms with Gasteiger partial charge in [-0.15, -0.1) is 0 Å². The van der Waals surface area contributed by atoms with E-state index in [0.29, 0.717) is 0 Å². The van der Waals surface area contributed by atoms with Crippen LogP contribution in [0.2, 0.25) is 31.5 Å². The Morgan fingerprint density at radius 2 is 1.15 bits per heavy atom. The molecule has 0 saturated carbocycles. The van der Waals surface area contributed by atoms with E-state index < -0.39 is 26.5 Å². The van der Waals surface area contributed by atoms with Gasteiger partial charge in [0.05, 0.1) is 0 Å². The van der Waals surface area contributed by atoms with Gasteiger partial charge in [0.25, 0.3) is 0 Å². The van der Waals surface area contributed by atoms with Gasteiger partial charge in [-0.2, -0.15) is 0 Å². The summed E-state index contributed by atoms with van der Waals surface area (Å²) in [6.07, 6.45) is 2.28. The fraction of sp³-hybridized carbons (Fsp3) is 0.706. The molecule has 0 bridgehead atoms. The van der Waals surface area contributed by atoms with Gasteiger partial charge in [-0.1, -0.05) is 0 Å². The minimum absolute atomic E-state index is 1.38. The summed E-state index contributed by atoms with van der Waals surface area (Å²) in [6.45, 7) is 14.3. The van der Waals surface area contributed by atoms with Gasteiger partial charge in [-0.05, 0) is 0 Å². The van der Waals surface area contributed by atoms with E-state index >= 15 is 0 Å². The van der Waals surface area contributed by atoms with Crippen molar-refractivity contribution >= 4 is 35.5 Å². The first kappa shape index (κ1) is 18.3. The molecule has 0 N–H and O–H groups in total. The van der Waals surface area contributed by atoms with Gasteiger partial charge in [0.15, 0.2) is 0 Å². The Morgan fingerprint density at radius 3 is 1.45 bits per heavy atom. The Kier molecular flexibility index (Phi) is 7.34. The minimum atomic E-state index is -1.85. The summed E-state index contributed by atoms with van der Waals surface area (Å²) in [5, 5.41) is 8.32. The second-order valence-corrected chi connectivity index (χ2v) is 28.0. The molecule has 0 spiro atoms. The molecular formula is C17H33Ge2N. The number of pyridine rings is 1. The number of nitrogens with zero attached hydrogens (tertiary/aromatic N) is 1. The molecule has 1 aromatic heterocycles. The van der Waals surface area contributed by atoms with Crippen molar-refractivity contribution in [3.05, 3.63) is 18.3 Å². The van der Waals surface area contributed by atoms with E-state index in [4.69, 9.17) is 4.98 Å². The predicted octanol–water partition coefficient (Wildman–Crippen LogP) is 4.51. The van der Waals surface area contributed by atoms with Gasteiger partial charge >= 0.3 is 132 Å². The fourth-order valence-corrected chi connectivity index (χ4v) is 18.1. The molecule has 20 heavy (non-hydrogen) atoms. The zero-order chi connectivity index (χ0) is 15.2. The summed E-state index contributed by atoms with van der Waals surface area (Å²) < 4.78 is 3.14. The molecule has 0 aliphatic rings. The zero-order valence-electron chi connectivity index (χ0n) is 14.4. The molecule has 0 saturated heterocycles. The van der Waals surface area contributed by atoms with Crippen LogP contribution >= 0.6 is 0 Å². The van der Waals surface area contributed by atoms with Crippen LogP contribution in [0.4, 0.5) is 0 Å². The van der Waals surface area contributed by atoms with Crippen molar-refractivity contribution in [2.45, 2.75) is 73.1 Å². The number of aromatic nitrogens is 1. The molecule has 1 heterocycles. The summed E-state index contributed by atoms with van der Waals surface area (Å²) >= 11 is -3.66. The predicted molar refractivity (Wildman–Crippen MR) is 97.9 cm³/mol. The van der Waals surface area contributed by atoms with E-state index in [-0.39, 0.29) is 0 Å². The van der Waals surface area contributed by atoms with Gasteiger partial charge in [-0.3, -0.25) is 0 Å². The second-order valence-electron chi connectivity index (χ2n) is 6.11. The Morgan fingerprint density at radius 1 is 0.700 bits per heavy atom. The Hall–Kier alpha value is 0.236. The first-order chi connectivity index (χ1) is 9.57. The number of rotatable bonds is 8. The molecular weight excluding hydrogens is 363 g/mol. The molecule has 0 aliphatic carbocycles. The van der Waals surface area contributed by atoms with Crippen LogP contribution in [0.25, 0.3) is 0 Å². The van der Waals surface area contributed by atoms with Crippen molar-refractivity contribution in [1.82, 2.24) is 4.98 Å². The Bertz CT molecular complexity index is 336. The molecule has 0 amide bonds. The van der Waals surface area contributed by atoms with Crippen LogP contribution in [-0.4, -0.2) is 31.5 Å². The topological polar surface area (TPSA) is 12.9 Å². The zero-order valence-corrected chi connectivity index (χ0v) is 18.6. The second kappa shape index (κ2) is 8.02. The summed E-state index contributed by atoms with van der Waals surface area (Å²) in [4.78, 5) is 5.00.